The van der Waals surface area contributed by atoms with E-state index < -0.39 is 6.17 Å². The number of aliphatic hydroxyl groups excluding tert-OH is 4. The number of benzene rings is 4. The van der Waals surface area contributed by atoms with Crippen molar-refractivity contribution in [3.8, 4) is 51.3 Å². The van der Waals surface area contributed by atoms with Crippen LogP contribution in [0.2, 0.25) is 0 Å². The lowest BCUT2D eigenvalue weighted by molar-refractivity contribution is 0.0935. The SMILES string of the molecule is COc1ccc2c(c1)C(=O)NC(c1ccc(OCCOc3c(OC)cc(-c4cc(-c5cc(CO)c(CO)c(CO)c5)on4)cc3OC)c(CO)c1)N2. The highest BCUT2D eigenvalue weighted by Crippen LogP contribution is 2.42. The van der Waals surface area contributed by atoms with E-state index in [1.54, 1.807) is 67.8 Å². The van der Waals surface area contributed by atoms with Gasteiger partial charge in [0.25, 0.3) is 5.91 Å². The highest BCUT2D eigenvalue weighted by Gasteiger charge is 2.26. The number of anilines is 1. The summed E-state index contributed by atoms with van der Waals surface area (Å²) in [5, 5.41) is 49.9. The Morgan fingerprint density at radius 2 is 1.38 bits per heavy atom. The zero-order valence-electron chi connectivity index (χ0n) is 28.8. The topological polar surface area (TPSA) is 194 Å². The lowest BCUT2D eigenvalue weighted by atomic mass is 9.97. The number of aliphatic hydroxyl groups is 4. The van der Waals surface area contributed by atoms with Gasteiger partial charge in [-0.3, -0.25) is 4.79 Å². The third kappa shape index (κ3) is 7.31. The summed E-state index contributed by atoms with van der Waals surface area (Å²) in [6, 6.07) is 19.1. The van der Waals surface area contributed by atoms with Crippen LogP contribution in [0.25, 0.3) is 22.6 Å². The number of hydrogen-bond donors (Lipinski definition) is 6. The highest BCUT2D eigenvalue weighted by atomic mass is 16.6. The summed E-state index contributed by atoms with van der Waals surface area (Å²) in [5.74, 6) is 2.28. The Hall–Kier alpha value is -5.80. The number of methoxy groups -OCH3 is 3. The van der Waals surface area contributed by atoms with Crippen LogP contribution < -0.4 is 34.3 Å². The molecule has 0 spiro atoms. The Kier molecular flexibility index (Phi) is 11.1. The van der Waals surface area contributed by atoms with Gasteiger partial charge in [-0.05, 0) is 76.9 Å². The quantitative estimate of drug-likeness (QED) is 0.0841. The number of carbonyl (C=O) groups is 1. The van der Waals surface area contributed by atoms with E-state index >= 15 is 0 Å². The standard InChI is InChI=1S/C38H39N3O11/c1-47-27-5-6-30-28(15-27)38(46)40-37(39-30)21-4-7-32(26(10-21)19-44)50-8-9-51-36-34(48-2)13-22(14-35(36)49-3)31-16-33(52-41-31)23-11-24(17-42)29(20-45)25(12-23)18-43/h4-7,10-16,37,39,42-45H,8-9,17-20H2,1-3H3,(H,40,46). The smallest absolute Gasteiger partial charge is 0.255 e. The van der Waals surface area contributed by atoms with E-state index in [-0.39, 0.29) is 45.5 Å². The van der Waals surface area contributed by atoms with Gasteiger partial charge in [-0.15, -0.1) is 0 Å². The zero-order valence-corrected chi connectivity index (χ0v) is 28.8. The average Bonchev–Trinajstić information content (AvgIpc) is 3.69. The van der Waals surface area contributed by atoms with Gasteiger partial charge in [-0.2, -0.15) is 0 Å². The summed E-state index contributed by atoms with van der Waals surface area (Å²) in [4.78, 5) is 12.8. The molecule has 272 valence electrons. The molecule has 4 aromatic carbocycles. The molecule has 1 aromatic heterocycles. The van der Waals surface area contributed by atoms with E-state index in [1.165, 1.54) is 14.2 Å². The molecule has 1 unspecified atom stereocenters. The second-order valence-corrected chi connectivity index (χ2v) is 11.7. The van der Waals surface area contributed by atoms with Crippen LogP contribution >= 0.6 is 0 Å². The van der Waals surface area contributed by atoms with E-state index in [1.807, 2.05) is 6.07 Å². The Morgan fingerprint density at radius 1 is 0.692 bits per heavy atom. The molecule has 6 N–H and O–H groups in total. The van der Waals surface area contributed by atoms with Crippen LogP contribution in [0.15, 0.2) is 71.3 Å². The number of amides is 1. The Bertz CT molecular complexity index is 2010. The minimum atomic E-state index is -0.514. The predicted molar refractivity (Wildman–Crippen MR) is 188 cm³/mol. The predicted octanol–water partition coefficient (Wildman–Crippen LogP) is 4.32. The third-order valence-corrected chi connectivity index (χ3v) is 8.71. The van der Waals surface area contributed by atoms with Gasteiger partial charge in [-0.1, -0.05) is 11.2 Å². The molecule has 0 bridgehead atoms. The first-order valence-electron chi connectivity index (χ1n) is 16.3. The number of carbonyl (C=O) groups excluding carboxylic acids is 1. The van der Waals surface area contributed by atoms with E-state index in [2.05, 4.69) is 15.8 Å². The van der Waals surface area contributed by atoms with Crippen LogP contribution in [0, 0.1) is 0 Å². The molecule has 6 rings (SSSR count). The second kappa shape index (κ2) is 16.0. The molecule has 1 amide bonds. The van der Waals surface area contributed by atoms with E-state index in [0.29, 0.717) is 84.8 Å². The molecule has 14 nitrogen and oxygen atoms in total. The first kappa shape index (κ1) is 36.0. The van der Waals surface area contributed by atoms with Gasteiger partial charge >= 0.3 is 0 Å². The van der Waals surface area contributed by atoms with Crippen molar-refractivity contribution in [3.05, 3.63) is 100 Å². The molecule has 1 aliphatic heterocycles. The van der Waals surface area contributed by atoms with Crippen molar-refractivity contribution in [2.24, 2.45) is 0 Å². The molecule has 0 radical (unpaired) electrons. The average molecular weight is 714 g/mol. The van der Waals surface area contributed by atoms with Crippen molar-refractivity contribution < 1.29 is 53.4 Å². The lowest BCUT2D eigenvalue weighted by Crippen LogP contribution is -2.38. The summed E-state index contributed by atoms with van der Waals surface area (Å²) >= 11 is 0. The van der Waals surface area contributed by atoms with Crippen molar-refractivity contribution >= 4 is 11.6 Å². The molecule has 1 aliphatic rings. The molecule has 0 fully saturated rings. The Morgan fingerprint density at radius 3 is 2.02 bits per heavy atom. The van der Waals surface area contributed by atoms with Crippen molar-refractivity contribution in [3.63, 3.8) is 0 Å². The van der Waals surface area contributed by atoms with Crippen molar-refractivity contribution in [1.29, 1.82) is 0 Å². The summed E-state index contributed by atoms with van der Waals surface area (Å²) < 4.78 is 34.1. The minimum Gasteiger partial charge on any atom is -0.497 e. The van der Waals surface area contributed by atoms with Crippen LogP contribution in [-0.4, -0.2) is 66.0 Å². The third-order valence-electron chi connectivity index (χ3n) is 8.71. The van der Waals surface area contributed by atoms with Crippen LogP contribution in [0.4, 0.5) is 5.69 Å². The van der Waals surface area contributed by atoms with Gasteiger partial charge in [0.1, 0.15) is 36.6 Å². The number of aromatic nitrogens is 1. The van der Waals surface area contributed by atoms with Gasteiger partial charge < -0.3 is 59.3 Å². The Labute approximate surface area is 299 Å². The van der Waals surface area contributed by atoms with Gasteiger partial charge in [-0.25, -0.2) is 0 Å². The minimum absolute atomic E-state index is 0.109. The van der Waals surface area contributed by atoms with E-state index in [9.17, 15) is 25.2 Å². The van der Waals surface area contributed by atoms with Crippen LogP contribution in [0.5, 0.6) is 28.7 Å². The van der Waals surface area contributed by atoms with E-state index in [0.717, 1.165) is 5.56 Å². The van der Waals surface area contributed by atoms with E-state index in [4.69, 9.17) is 28.2 Å². The Balaban J connectivity index is 1.13. The van der Waals surface area contributed by atoms with Gasteiger partial charge in [0.05, 0.1) is 53.3 Å². The van der Waals surface area contributed by atoms with Gasteiger partial charge in [0, 0.05) is 28.4 Å². The summed E-state index contributed by atoms with van der Waals surface area (Å²) in [6.45, 7) is -1.01. The van der Waals surface area contributed by atoms with Crippen LogP contribution in [0.1, 0.15) is 44.3 Å². The first-order valence-corrected chi connectivity index (χ1v) is 16.3. The maximum absolute atomic E-state index is 12.8. The lowest BCUT2D eigenvalue weighted by Gasteiger charge is -2.29. The number of nitrogens with zero attached hydrogens (tertiary/aromatic N) is 1. The number of ether oxygens (including phenoxy) is 5. The fourth-order valence-electron chi connectivity index (χ4n) is 6.01. The summed E-state index contributed by atoms with van der Waals surface area (Å²) in [7, 11) is 4.54. The monoisotopic (exact) mass is 713 g/mol. The van der Waals surface area contributed by atoms with Crippen LogP contribution in [0.3, 0.4) is 0 Å². The molecule has 1 atom stereocenters. The highest BCUT2D eigenvalue weighted by molar-refractivity contribution is 6.02. The molecule has 2 heterocycles. The molecule has 14 heteroatoms. The molecular weight excluding hydrogens is 674 g/mol. The summed E-state index contributed by atoms with van der Waals surface area (Å²) in [5.41, 5.74) is 5.49. The van der Waals surface area contributed by atoms with Crippen molar-refractivity contribution in [1.82, 2.24) is 10.5 Å². The number of fused-ring (bicyclic) bond motifs is 1. The number of rotatable bonds is 15. The first-order chi connectivity index (χ1) is 25.3. The molecule has 0 saturated carbocycles. The van der Waals surface area contributed by atoms with Gasteiger partial charge in [0.15, 0.2) is 17.3 Å². The normalized spacial score (nSPS) is 13.5. The fraction of sp³-hybridized carbons (Fsp3) is 0.263. The number of nitrogens with one attached hydrogen (secondary N) is 2. The van der Waals surface area contributed by atoms with Crippen molar-refractivity contribution in [2.75, 3.05) is 39.9 Å². The molecule has 0 saturated heterocycles. The maximum atomic E-state index is 12.8. The van der Waals surface area contributed by atoms with Crippen molar-refractivity contribution in [2.45, 2.75) is 32.6 Å². The second-order valence-electron chi connectivity index (χ2n) is 11.7. The fourth-order valence-corrected chi connectivity index (χ4v) is 6.01. The van der Waals surface area contributed by atoms with Gasteiger partial charge in [0.2, 0.25) is 5.75 Å². The number of hydrogen-bond acceptors (Lipinski definition) is 13. The molecule has 5 aromatic rings. The molecule has 0 aliphatic carbocycles. The molecule has 52 heavy (non-hydrogen) atoms. The molecular formula is C38H39N3O11. The largest absolute Gasteiger partial charge is 0.497 e. The zero-order chi connectivity index (χ0) is 36.8. The summed E-state index contributed by atoms with van der Waals surface area (Å²) in [6.07, 6.45) is -0.514. The maximum Gasteiger partial charge on any atom is 0.255 e. The van der Waals surface area contributed by atoms with Crippen LogP contribution in [-0.2, 0) is 26.4 Å².